The molecule has 0 aliphatic rings. The van der Waals surface area contributed by atoms with E-state index in [0.29, 0.717) is 0 Å². The molecule has 0 heterocycles. The van der Waals surface area contributed by atoms with Gasteiger partial charge in [-0.1, -0.05) is 0 Å². The third kappa shape index (κ3) is 6.58. The van der Waals surface area contributed by atoms with E-state index in [2.05, 4.69) is 10.1 Å². The summed E-state index contributed by atoms with van der Waals surface area (Å²) in [7, 11) is 1.24. The van der Waals surface area contributed by atoms with Gasteiger partial charge < -0.3 is 9.84 Å². The van der Waals surface area contributed by atoms with Crippen molar-refractivity contribution in [1.82, 2.24) is 5.32 Å². The Balaban J connectivity index is 0. The van der Waals surface area contributed by atoms with Crippen LogP contribution in [-0.4, -0.2) is 32.3 Å². The van der Waals surface area contributed by atoms with E-state index in [4.69, 9.17) is 5.26 Å². The van der Waals surface area contributed by atoms with Crippen molar-refractivity contribution in [2.24, 2.45) is 0 Å². The van der Waals surface area contributed by atoms with Crippen LogP contribution in [-0.2, 0) is 9.53 Å². The average Bonchev–Trinajstić information content (AvgIpc) is 2.06. The molecule has 0 amide bonds. The quantitative estimate of drug-likeness (QED) is 0.346. The summed E-state index contributed by atoms with van der Waals surface area (Å²) in [6.07, 6.45) is 0. The van der Waals surface area contributed by atoms with Gasteiger partial charge in [0.15, 0.2) is 0 Å². The Bertz CT molecular complexity index is 169. The van der Waals surface area contributed by atoms with Gasteiger partial charge in [0.25, 0.3) is 0 Å². The van der Waals surface area contributed by atoms with Gasteiger partial charge in [-0.2, -0.15) is 5.26 Å². The SMILES string of the molecule is COC(=O)CNC(C#N)C[O-].[Na+]. The number of nitrogens with one attached hydrogen (secondary N) is 1. The Labute approximate surface area is 93.0 Å². The third-order valence-corrected chi connectivity index (χ3v) is 1.04. The zero-order chi connectivity index (χ0) is 8.69. The largest absolute Gasteiger partial charge is 1.00 e. The molecular weight excluding hydrogens is 171 g/mol. The fourth-order valence-electron chi connectivity index (χ4n) is 0.421. The summed E-state index contributed by atoms with van der Waals surface area (Å²) in [5.74, 6) is -0.487. The van der Waals surface area contributed by atoms with Crippen LogP contribution in [0.3, 0.4) is 0 Å². The number of hydrogen-bond donors (Lipinski definition) is 1. The topological polar surface area (TPSA) is 85.2 Å². The summed E-state index contributed by atoms with van der Waals surface area (Å²) in [6, 6.07) is 0.889. The first-order chi connectivity index (χ1) is 5.24. The Morgan fingerprint density at radius 2 is 2.42 bits per heavy atom. The molecule has 1 atom stereocenters. The number of ether oxygens (including phenoxy) is 1. The number of nitriles is 1. The van der Waals surface area contributed by atoms with Crippen LogP contribution in [0, 0.1) is 11.3 Å². The number of carbonyl (C=O) groups is 1. The molecule has 0 fully saturated rings. The maximum absolute atomic E-state index is 10.5. The van der Waals surface area contributed by atoms with Crippen LogP contribution in [0.15, 0.2) is 0 Å². The van der Waals surface area contributed by atoms with Gasteiger partial charge in [-0.05, 0) is 0 Å². The summed E-state index contributed by atoms with van der Waals surface area (Å²) in [5, 5.41) is 20.8. The van der Waals surface area contributed by atoms with Gasteiger partial charge in [-0.3, -0.25) is 10.1 Å². The van der Waals surface area contributed by atoms with Crippen molar-refractivity contribution in [2.45, 2.75) is 6.04 Å². The molecule has 1 N–H and O–H groups in total. The number of carbonyl (C=O) groups excluding carboxylic acids is 1. The maximum Gasteiger partial charge on any atom is 1.00 e. The fourth-order valence-corrected chi connectivity index (χ4v) is 0.421. The minimum absolute atomic E-state index is 0. The van der Waals surface area contributed by atoms with Crippen molar-refractivity contribution in [3.8, 4) is 6.07 Å². The van der Waals surface area contributed by atoms with Crippen molar-refractivity contribution in [2.75, 3.05) is 20.3 Å². The van der Waals surface area contributed by atoms with Crippen LogP contribution in [0.25, 0.3) is 0 Å². The number of methoxy groups -OCH3 is 1. The Morgan fingerprint density at radius 3 is 2.75 bits per heavy atom. The van der Waals surface area contributed by atoms with Crippen LogP contribution < -0.4 is 40.0 Å². The van der Waals surface area contributed by atoms with E-state index in [-0.39, 0.29) is 36.1 Å². The van der Waals surface area contributed by atoms with Gasteiger partial charge >= 0.3 is 35.5 Å². The minimum Gasteiger partial charge on any atom is -0.853 e. The molecule has 0 saturated heterocycles. The van der Waals surface area contributed by atoms with E-state index in [1.807, 2.05) is 0 Å². The number of esters is 1. The van der Waals surface area contributed by atoms with Crippen molar-refractivity contribution in [1.29, 1.82) is 5.26 Å². The van der Waals surface area contributed by atoms with Gasteiger partial charge in [0, 0.05) is 0 Å². The van der Waals surface area contributed by atoms with E-state index >= 15 is 0 Å². The van der Waals surface area contributed by atoms with Gasteiger partial charge in [0.1, 0.15) is 0 Å². The number of rotatable bonds is 4. The molecule has 12 heavy (non-hydrogen) atoms. The molecule has 62 valence electrons. The van der Waals surface area contributed by atoms with Gasteiger partial charge in [-0.25, -0.2) is 0 Å². The zero-order valence-corrected chi connectivity index (χ0v) is 9.16. The monoisotopic (exact) mass is 180 g/mol. The molecule has 0 radical (unpaired) electrons. The van der Waals surface area contributed by atoms with Gasteiger partial charge in [0.05, 0.1) is 25.8 Å². The van der Waals surface area contributed by atoms with E-state index in [0.717, 1.165) is 0 Å². The van der Waals surface area contributed by atoms with E-state index in [1.165, 1.54) is 7.11 Å². The maximum atomic E-state index is 10.5. The molecule has 0 bridgehead atoms. The van der Waals surface area contributed by atoms with Crippen LogP contribution >= 0.6 is 0 Å². The number of nitrogens with zero attached hydrogens (tertiary/aromatic N) is 1. The standard InChI is InChI=1S/C6H9N2O3.Na/c1-11-6(10)3-8-5(2-7)4-9;/h5,8H,3-4H2,1H3;/q-1;+1. The summed E-state index contributed by atoms with van der Waals surface area (Å²) in [5.41, 5.74) is 0. The second kappa shape index (κ2) is 8.97. The molecule has 0 aromatic heterocycles. The molecule has 1 unspecified atom stereocenters. The summed E-state index contributed by atoms with van der Waals surface area (Å²) < 4.78 is 4.28. The average molecular weight is 180 g/mol. The first-order valence-electron chi connectivity index (χ1n) is 3.02. The molecule has 0 aromatic rings. The summed E-state index contributed by atoms with van der Waals surface area (Å²) in [6.45, 7) is -0.662. The van der Waals surface area contributed by atoms with Gasteiger partial charge in [-0.15, -0.1) is 6.61 Å². The minimum atomic E-state index is -0.811. The van der Waals surface area contributed by atoms with Crippen molar-refractivity contribution in [3.63, 3.8) is 0 Å². The molecule has 0 aromatic carbocycles. The molecule has 5 nitrogen and oxygen atoms in total. The van der Waals surface area contributed by atoms with E-state index < -0.39 is 18.6 Å². The first kappa shape index (κ1) is 14.4. The zero-order valence-electron chi connectivity index (χ0n) is 7.16. The van der Waals surface area contributed by atoms with Crippen molar-refractivity contribution >= 4 is 5.97 Å². The normalized spacial score (nSPS) is 10.8. The molecule has 6 heteroatoms. The Morgan fingerprint density at radius 1 is 1.83 bits per heavy atom. The summed E-state index contributed by atoms with van der Waals surface area (Å²) >= 11 is 0. The molecule has 0 aliphatic carbocycles. The molecule has 0 spiro atoms. The summed E-state index contributed by atoms with van der Waals surface area (Å²) in [4.78, 5) is 10.5. The Hall–Kier alpha value is -0.120. The fraction of sp³-hybridized carbons (Fsp3) is 0.667. The smallest absolute Gasteiger partial charge is 0.853 e. The van der Waals surface area contributed by atoms with Crippen molar-refractivity contribution in [3.05, 3.63) is 0 Å². The van der Waals surface area contributed by atoms with Crippen molar-refractivity contribution < 1.29 is 44.2 Å². The first-order valence-corrected chi connectivity index (χ1v) is 3.02. The van der Waals surface area contributed by atoms with E-state index in [1.54, 1.807) is 6.07 Å². The molecule has 0 aliphatic heterocycles. The van der Waals surface area contributed by atoms with Crippen LogP contribution in [0.5, 0.6) is 0 Å². The second-order valence-electron chi connectivity index (χ2n) is 1.81. The molecule has 0 saturated carbocycles. The van der Waals surface area contributed by atoms with Crippen LogP contribution in [0.2, 0.25) is 0 Å². The molecule has 0 rings (SSSR count). The predicted octanol–water partition coefficient (Wildman–Crippen LogP) is -4.99. The predicted molar refractivity (Wildman–Crippen MR) is 34.3 cm³/mol. The Kier molecular flexibility index (Phi) is 10.8. The number of hydrogen-bond acceptors (Lipinski definition) is 5. The second-order valence-corrected chi connectivity index (χ2v) is 1.81. The molecular formula is C6H9N2NaO3. The van der Waals surface area contributed by atoms with Gasteiger partial charge in [0.2, 0.25) is 0 Å². The van der Waals surface area contributed by atoms with Crippen LogP contribution in [0.4, 0.5) is 0 Å². The van der Waals surface area contributed by atoms with Crippen LogP contribution in [0.1, 0.15) is 0 Å². The van der Waals surface area contributed by atoms with E-state index in [9.17, 15) is 9.90 Å². The third-order valence-electron chi connectivity index (χ3n) is 1.04.